The van der Waals surface area contributed by atoms with Crippen molar-refractivity contribution in [2.24, 2.45) is 0 Å². The van der Waals surface area contributed by atoms with E-state index in [2.05, 4.69) is 29.4 Å². The maximum Gasteiger partial charge on any atom is 0.213 e. The van der Waals surface area contributed by atoms with Crippen LogP contribution in [0, 0.1) is 13.8 Å². The van der Waals surface area contributed by atoms with Gasteiger partial charge in [0.1, 0.15) is 5.76 Å². The molecular formula is C12H14N2O. The fraction of sp³-hybridized carbons (Fsp3) is 0.250. The summed E-state index contributed by atoms with van der Waals surface area (Å²) < 4.78 is 5.36. The average Bonchev–Trinajstić information content (AvgIpc) is 2.62. The van der Waals surface area contributed by atoms with Crippen molar-refractivity contribution in [3.63, 3.8) is 0 Å². The summed E-state index contributed by atoms with van der Waals surface area (Å²) in [4.78, 5) is 4.12. The molecule has 0 fully saturated rings. The Morgan fingerprint density at radius 3 is 2.87 bits per heavy atom. The smallest absolute Gasteiger partial charge is 0.213 e. The van der Waals surface area contributed by atoms with E-state index in [-0.39, 0.29) is 0 Å². The van der Waals surface area contributed by atoms with Crippen LogP contribution in [0.3, 0.4) is 0 Å². The van der Waals surface area contributed by atoms with Crippen LogP contribution in [0.25, 0.3) is 0 Å². The van der Waals surface area contributed by atoms with Gasteiger partial charge in [-0.05, 0) is 31.5 Å². The highest BCUT2D eigenvalue weighted by molar-refractivity contribution is 5.45. The SMILES string of the molecule is Cc1cccc(NCc2ncc(C)o2)c1. The molecule has 1 N–H and O–H groups in total. The van der Waals surface area contributed by atoms with Crippen molar-refractivity contribution in [1.29, 1.82) is 0 Å². The van der Waals surface area contributed by atoms with Gasteiger partial charge in [-0.2, -0.15) is 0 Å². The molecule has 0 aliphatic carbocycles. The minimum absolute atomic E-state index is 0.622. The first kappa shape index (κ1) is 9.77. The molecule has 2 aromatic rings. The van der Waals surface area contributed by atoms with E-state index in [1.165, 1.54) is 5.56 Å². The molecule has 0 amide bonds. The summed E-state index contributed by atoms with van der Waals surface area (Å²) in [7, 11) is 0. The van der Waals surface area contributed by atoms with Gasteiger partial charge in [-0.25, -0.2) is 4.98 Å². The second-order valence-corrected chi connectivity index (χ2v) is 3.59. The third kappa shape index (κ3) is 2.59. The fourth-order valence-electron chi connectivity index (χ4n) is 1.42. The average molecular weight is 202 g/mol. The van der Waals surface area contributed by atoms with Crippen LogP contribution in [0.5, 0.6) is 0 Å². The largest absolute Gasteiger partial charge is 0.444 e. The molecule has 1 heterocycles. The lowest BCUT2D eigenvalue weighted by atomic mass is 10.2. The van der Waals surface area contributed by atoms with Gasteiger partial charge >= 0.3 is 0 Å². The Balaban J connectivity index is 1.99. The van der Waals surface area contributed by atoms with E-state index in [0.717, 1.165) is 11.4 Å². The van der Waals surface area contributed by atoms with Crippen LogP contribution in [0.4, 0.5) is 5.69 Å². The highest BCUT2D eigenvalue weighted by Gasteiger charge is 1.99. The van der Waals surface area contributed by atoms with E-state index in [9.17, 15) is 0 Å². The third-order valence-corrected chi connectivity index (χ3v) is 2.13. The van der Waals surface area contributed by atoms with E-state index in [1.54, 1.807) is 6.20 Å². The molecule has 1 aromatic heterocycles. The standard InChI is InChI=1S/C12H14N2O/c1-9-4-3-5-11(6-9)13-8-12-14-7-10(2)15-12/h3-7,13H,8H2,1-2H3. The van der Waals surface area contributed by atoms with Gasteiger partial charge in [0.2, 0.25) is 5.89 Å². The molecule has 2 rings (SSSR count). The number of benzene rings is 1. The maximum absolute atomic E-state index is 5.36. The highest BCUT2D eigenvalue weighted by atomic mass is 16.4. The minimum Gasteiger partial charge on any atom is -0.444 e. The van der Waals surface area contributed by atoms with Crippen LogP contribution < -0.4 is 5.32 Å². The fourth-order valence-corrected chi connectivity index (χ4v) is 1.42. The van der Waals surface area contributed by atoms with E-state index >= 15 is 0 Å². The summed E-state index contributed by atoms with van der Waals surface area (Å²) in [5.41, 5.74) is 2.33. The van der Waals surface area contributed by atoms with Crippen LogP contribution in [-0.4, -0.2) is 4.98 Å². The molecule has 0 saturated carbocycles. The number of rotatable bonds is 3. The quantitative estimate of drug-likeness (QED) is 0.831. The number of nitrogens with zero attached hydrogens (tertiary/aromatic N) is 1. The molecule has 0 unspecified atom stereocenters. The van der Waals surface area contributed by atoms with Crippen LogP contribution >= 0.6 is 0 Å². The van der Waals surface area contributed by atoms with Crippen LogP contribution in [0.15, 0.2) is 34.9 Å². The Bertz CT molecular complexity index is 448. The number of hydrogen-bond donors (Lipinski definition) is 1. The lowest BCUT2D eigenvalue weighted by Crippen LogP contribution is -1.99. The first-order chi connectivity index (χ1) is 7.24. The normalized spacial score (nSPS) is 10.3. The Kier molecular flexibility index (Phi) is 2.72. The van der Waals surface area contributed by atoms with Crippen molar-refractivity contribution in [1.82, 2.24) is 4.98 Å². The molecule has 1 aromatic carbocycles. The summed E-state index contributed by atoms with van der Waals surface area (Å²) in [6.07, 6.45) is 1.73. The minimum atomic E-state index is 0.622. The summed E-state index contributed by atoms with van der Waals surface area (Å²) in [6.45, 7) is 4.58. The lowest BCUT2D eigenvalue weighted by molar-refractivity contribution is 0.479. The highest BCUT2D eigenvalue weighted by Crippen LogP contribution is 2.11. The van der Waals surface area contributed by atoms with Crippen LogP contribution in [0.2, 0.25) is 0 Å². The van der Waals surface area contributed by atoms with Gasteiger partial charge in [0.25, 0.3) is 0 Å². The van der Waals surface area contributed by atoms with E-state index in [1.807, 2.05) is 19.1 Å². The Morgan fingerprint density at radius 2 is 2.20 bits per heavy atom. The maximum atomic E-state index is 5.36. The van der Waals surface area contributed by atoms with Crippen molar-refractivity contribution in [3.8, 4) is 0 Å². The second kappa shape index (κ2) is 4.17. The number of hydrogen-bond acceptors (Lipinski definition) is 3. The molecule has 78 valence electrons. The van der Waals surface area contributed by atoms with Crippen molar-refractivity contribution < 1.29 is 4.42 Å². The molecule has 0 aliphatic heterocycles. The second-order valence-electron chi connectivity index (χ2n) is 3.59. The van der Waals surface area contributed by atoms with Gasteiger partial charge in [0, 0.05) is 5.69 Å². The Morgan fingerprint density at radius 1 is 1.33 bits per heavy atom. The summed E-state index contributed by atoms with van der Waals surface area (Å²) in [5, 5.41) is 3.26. The molecule has 3 heteroatoms. The van der Waals surface area contributed by atoms with E-state index < -0.39 is 0 Å². The molecule has 0 spiro atoms. The number of aromatic nitrogens is 1. The molecule has 0 aliphatic rings. The molecule has 0 radical (unpaired) electrons. The predicted octanol–water partition coefficient (Wildman–Crippen LogP) is 2.90. The van der Waals surface area contributed by atoms with Crippen molar-refractivity contribution in [3.05, 3.63) is 47.7 Å². The molecule has 0 saturated heterocycles. The number of oxazole rings is 1. The Hall–Kier alpha value is -1.77. The van der Waals surface area contributed by atoms with E-state index in [4.69, 9.17) is 4.42 Å². The van der Waals surface area contributed by atoms with Crippen molar-refractivity contribution >= 4 is 5.69 Å². The summed E-state index contributed by atoms with van der Waals surface area (Å²) in [5.74, 6) is 1.56. The molecule has 0 atom stereocenters. The van der Waals surface area contributed by atoms with Gasteiger partial charge in [-0.3, -0.25) is 0 Å². The molecular weight excluding hydrogens is 188 g/mol. The predicted molar refractivity (Wildman–Crippen MR) is 59.7 cm³/mol. The zero-order valence-electron chi connectivity index (χ0n) is 8.95. The monoisotopic (exact) mass is 202 g/mol. The Labute approximate surface area is 89.1 Å². The zero-order chi connectivity index (χ0) is 10.7. The van der Waals surface area contributed by atoms with Crippen LogP contribution in [0.1, 0.15) is 17.2 Å². The lowest BCUT2D eigenvalue weighted by Gasteiger charge is -2.03. The first-order valence-electron chi connectivity index (χ1n) is 4.96. The molecule has 0 bridgehead atoms. The van der Waals surface area contributed by atoms with Gasteiger partial charge in [-0.15, -0.1) is 0 Å². The van der Waals surface area contributed by atoms with Gasteiger partial charge in [0.15, 0.2) is 0 Å². The van der Waals surface area contributed by atoms with Crippen molar-refractivity contribution in [2.75, 3.05) is 5.32 Å². The van der Waals surface area contributed by atoms with Gasteiger partial charge in [0.05, 0.1) is 12.7 Å². The number of aryl methyl sites for hydroxylation is 2. The third-order valence-electron chi connectivity index (χ3n) is 2.13. The van der Waals surface area contributed by atoms with Gasteiger partial charge < -0.3 is 9.73 Å². The number of anilines is 1. The van der Waals surface area contributed by atoms with E-state index in [0.29, 0.717) is 12.4 Å². The summed E-state index contributed by atoms with van der Waals surface area (Å²) in [6, 6.07) is 8.22. The summed E-state index contributed by atoms with van der Waals surface area (Å²) >= 11 is 0. The van der Waals surface area contributed by atoms with Gasteiger partial charge in [-0.1, -0.05) is 12.1 Å². The molecule has 15 heavy (non-hydrogen) atoms. The topological polar surface area (TPSA) is 38.1 Å². The number of nitrogens with one attached hydrogen (secondary N) is 1. The molecule has 3 nitrogen and oxygen atoms in total. The van der Waals surface area contributed by atoms with Crippen molar-refractivity contribution in [2.45, 2.75) is 20.4 Å². The zero-order valence-corrected chi connectivity index (χ0v) is 8.95. The van der Waals surface area contributed by atoms with Crippen LogP contribution in [-0.2, 0) is 6.54 Å². The first-order valence-corrected chi connectivity index (χ1v) is 4.96.